The summed E-state index contributed by atoms with van der Waals surface area (Å²) in [6, 6.07) is 0. The second kappa shape index (κ2) is 4.06. The average Bonchev–Trinajstić information content (AvgIpc) is 1.81. The molecule has 78 valence electrons. The van der Waals surface area contributed by atoms with Crippen molar-refractivity contribution in [1.29, 1.82) is 0 Å². The Labute approximate surface area is 78.2 Å². The number of nitrogens with one attached hydrogen (secondary N) is 1. The monoisotopic (exact) mass is 209 g/mol. The van der Waals surface area contributed by atoms with Crippen LogP contribution in [0.5, 0.6) is 0 Å². The van der Waals surface area contributed by atoms with Crippen molar-refractivity contribution in [2.24, 2.45) is 0 Å². The summed E-state index contributed by atoms with van der Waals surface area (Å²) in [5, 5.41) is 8.48. The molecule has 0 aromatic rings. The first-order valence-corrected chi connectivity index (χ1v) is 5.57. The highest BCUT2D eigenvalue weighted by Gasteiger charge is 2.26. The third-order valence-electron chi connectivity index (χ3n) is 1.41. The van der Waals surface area contributed by atoms with Crippen molar-refractivity contribution in [1.82, 2.24) is 4.72 Å². The van der Waals surface area contributed by atoms with Gasteiger partial charge in [-0.15, -0.1) is 0 Å². The molecule has 0 saturated carbocycles. The van der Waals surface area contributed by atoms with E-state index in [1.54, 1.807) is 0 Å². The van der Waals surface area contributed by atoms with E-state index in [1.807, 2.05) is 0 Å². The summed E-state index contributed by atoms with van der Waals surface area (Å²) in [6.45, 7) is 4.57. The second-order valence-corrected chi connectivity index (χ2v) is 5.47. The lowest BCUT2D eigenvalue weighted by molar-refractivity contribution is -0.138. The minimum Gasteiger partial charge on any atom is -0.481 e. The number of carbonyl (C=O) groups is 1. The molecule has 0 amide bonds. The van der Waals surface area contributed by atoms with Gasteiger partial charge in [0, 0.05) is 5.54 Å². The van der Waals surface area contributed by atoms with Crippen LogP contribution < -0.4 is 4.72 Å². The molecule has 0 bridgehead atoms. The molecule has 0 aromatic carbocycles. The van der Waals surface area contributed by atoms with Crippen molar-refractivity contribution in [3.63, 3.8) is 0 Å². The quantitative estimate of drug-likeness (QED) is 0.676. The van der Waals surface area contributed by atoms with E-state index in [1.165, 1.54) is 20.8 Å². The van der Waals surface area contributed by atoms with Crippen molar-refractivity contribution < 1.29 is 18.3 Å². The van der Waals surface area contributed by atoms with Gasteiger partial charge in [0.2, 0.25) is 10.0 Å². The molecule has 0 saturated heterocycles. The Morgan fingerprint density at radius 3 is 2.23 bits per heavy atom. The number of hydrogen-bond donors (Lipinski definition) is 2. The standard InChI is InChI=1S/C7H15NO4S/c1-4-13(11,12)8-7(2,3)5-6(9)10/h8H,4-5H2,1-3H3,(H,9,10). The first kappa shape index (κ1) is 12.4. The van der Waals surface area contributed by atoms with E-state index in [0.29, 0.717) is 0 Å². The molecule has 0 aliphatic rings. The Morgan fingerprint density at radius 2 is 1.92 bits per heavy atom. The third kappa shape index (κ3) is 5.59. The molecule has 5 nitrogen and oxygen atoms in total. The largest absolute Gasteiger partial charge is 0.481 e. The maximum atomic E-state index is 11.1. The number of carboxylic acid groups (broad SMARTS) is 1. The lowest BCUT2D eigenvalue weighted by atomic mass is 10.0. The first-order valence-electron chi connectivity index (χ1n) is 3.92. The minimum absolute atomic E-state index is 0.0456. The molecule has 0 fully saturated rings. The number of aliphatic carboxylic acids is 1. The third-order valence-corrected chi connectivity index (χ3v) is 3.03. The van der Waals surface area contributed by atoms with Gasteiger partial charge in [0.05, 0.1) is 12.2 Å². The van der Waals surface area contributed by atoms with E-state index < -0.39 is 21.5 Å². The molecule has 0 aliphatic heterocycles. The fourth-order valence-electron chi connectivity index (χ4n) is 0.907. The number of hydrogen-bond acceptors (Lipinski definition) is 3. The van der Waals surface area contributed by atoms with Crippen LogP contribution in [0, 0.1) is 0 Å². The Morgan fingerprint density at radius 1 is 1.46 bits per heavy atom. The highest BCUT2D eigenvalue weighted by Crippen LogP contribution is 2.09. The molecule has 0 atom stereocenters. The molecule has 0 heterocycles. The van der Waals surface area contributed by atoms with Crippen molar-refractivity contribution in [2.45, 2.75) is 32.7 Å². The predicted molar refractivity (Wildman–Crippen MR) is 48.9 cm³/mol. The molecule has 2 N–H and O–H groups in total. The van der Waals surface area contributed by atoms with E-state index in [2.05, 4.69) is 4.72 Å². The van der Waals surface area contributed by atoms with Crippen molar-refractivity contribution in [2.75, 3.05) is 5.75 Å². The topological polar surface area (TPSA) is 83.5 Å². The molecular formula is C7H15NO4S. The second-order valence-electron chi connectivity index (χ2n) is 3.46. The van der Waals surface area contributed by atoms with Gasteiger partial charge in [-0.25, -0.2) is 13.1 Å². The van der Waals surface area contributed by atoms with Gasteiger partial charge in [-0.05, 0) is 20.8 Å². The van der Waals surface area contributed by atoms with Gasteiger partial charge in [0.25, 0.3) is 0 Å². The van der Waals surface area contributed by atoms with Gasteiger partial charge in [-0.2, -0.15) is 0 Å². The number of sulfonamides is 1. The van der Waals surface area contributed by atoms with Crippen LogP contribution in [0.25, 0.3) is 0 Å². The molecule has 0 radical (unpaired) electrons. The molecule has 13 heavy (non-hydrogen) atoms. The summed E-state index contributed by atoms with van der Waals surface area (Å²) >= 11 is 0. The summed E-state index contributed by atoms with van der Waals surface area (Å²) in [5.74, 6) is -1.07. The van der Waals surface area contributed by atoms with Crippen molar-refractivity contribution in [3.8, 4) is 0 Å². The van der Waals surface area contributed by atoms with E-state index >= 15 is 0 Å². The maximum absolute atomic E-state index is 11.1. The Kier molecular flexibility index (Phi) is 3.87. The van der Waals surface area contributed by atoms with Crippen LogP contribution in [0.15, 0.2) is 0 Å². The minimum atomic E-state index is -3.34. The number of rotatable bonds is 5. The molecule has 0 aromatic heterocycles. The van der Waals surface area contributed by atoms with Crippen molar-refractivity contribution in [3.05, 3.63) is 0 Å². The van der Waals surface area contributed by atoms with E-state index in [-0.39, 0.29) is 12.2 Å². The van der Waals surface area contributed by atoms with Gasteiger partial charge in [0.15, 0.2) is 0 Å². The molecule has 6 heteroatoms. The van der Waals surface area contributed by atoms with E-state index in [0.717, 1.165) is 0 Å². The van der Waals surface area contributed by atoms with Gasteiger partial charge < -0.3 is 5.11 Å². The molecular weight excluding hydrogens is 194 g/mol. The fraction of sp³-hybridized carbons (Fsp3) is 0.857. The zero-order chi connectivity index (χ0) is 10.7. The van der Waals surface area contributed by atoms with Crippen molar-refractivity contribution >= 4 is 16.0 Å². The predicted octanol–water partition coefficient (Wildman–Crippen LogP) is 0.179. The van der Waals surface area contributed by atoms with Gasteiger partial charge in [-0.3, -0.25) is 4.79 Å². The highest BCUT2D eigenvalue weighted by atomic mass is 32.2. The Hall–Kier alpha value is -0.620. The van der Waals surface area contributed by atoms with E-state index in [9.17, 15) is 13.2 Å². The highest BCUT2D eigenvalue weighted by molar-refractivity contribution is 7.89. The fourth-order valence-corrected chi connectivity index (χ4v) is 1.97. The van der Waals surface area contributed by atoms with Gasteiger partial charge in [0.1, 0.15) is 0 Å². The van der Waals surface area contributed by atoms with Crippen LogP contribution in [0.2, 0.25) is 0 Å². The Bertz CT molecular complexity index is 281. The lowest BCUT2D eigenvalue weighted by Gasteiger charge is -2.23. The van der Waals surface area contributed by atoms with Gasteiger partial charge in [-0.1, -0.05) is 0 Å². The smallest absolute Gasteiger partial charge is 0.305 e. The van der Waals surface area contributed by atoms with Gasteiger partial charge >= 0.3 is 5.97 Å². The molecule has 0 spiro atoms. The first-order chi connectivity index (χ1) is 5.68. The molecule has 0 unspecified atom stereocenters. The van der Waals surface area contributed by atoms with Crippen LogP contribution >= 0.6 is 0 Å². The lowest BCUT2D eigenvalue weighted by Crippen LogP contribution is -2.45. The van der Waals surface area contributed by atoms with Crippen LogP contribution in [-0.4, -0.2) is 30.8 Å². The van der Waals surface area contributed by atoms with Crippen LogP contribution in [0.3, 0.4) is 0 Å². The van der Waals surface area contributed by atoms with Crippen LogP contribution in [0.1, 0.15) is 27.2 Å². The summed E-state index contributed by atoms with van der Waals surface area (Å²) < 4.78 is 24.5. The maximum Gasteiger partial charge on any atom is 0.305 e. The summed E-state index contributed by atoms with van der Waals surface area (Å²) in [5.41, 5.74) is -0.930. The zero-order valence-electron chi connectivity index (χ0n) is 7.99. The summed E-state index contributed by atoms with van der Waals surface area (Å²) in [4.78, 5) is 10.4. The molecule has 0 aliphatic carbocycles. The summed E-state index contributed by atoms with van der Waals surface area (Å²) in [7, 11) is -3.34. The van der Waals surface area contributed by atoms with Crippen LogP contribution in [0.4, 0.5) is 0 Å². The Balaban J connectivity index is 4.42. The number of carboxylic acids is 1. The van der Waals surface area contributed by atoms with E-state index in [4.69, 9.17) is 5.11 Å². The average molecular weight is 209 g/mol. The summed E-state index contributed by atoms with van der Waals surface area (Å²) in [6.07, 6.45) is -0.230. The molecule has 0 rings (SSSR count). The normalized spacial score (nSPS) is 12.8. The zero-order valence-corrected chi connectivity index (χ0v) is 8.81. The SMILES string of the molecule is CCS(=O)(=O)NC(C)(C)CC(=O)O. The van der Waals surface area contributed by atoms with Crippen LogP contribution in [-0.2, 0) is 14.8 Å².